The van der Waals surface area contributed by atoms with Gasteiger partial charge < -0.3 is 14.8 Å². The molecule has 0 aliphatic rings. The van der Waals surface area contributed by atoms with Crippen LogP contribution in [0.25, 0.3) is 0 Å². The Kier molecular flexibility index (Phi) is 7.43. The minimum absolute atomic E-state index is 0.0898. The molecule has 6 nitrogen and oxygen atoms in total. The van der Waals surface area contributed by atoms with Crippen molar-refractivity contribution in [2.24, 2.45) is 0 Å². The number of ether oxygens (including phenoxy) is 2. The molecule has 0 radical (unpaired) electrons. The minimum Gasteiger partial charge on any atom is -0.489 e. The maximum atomic E-state index is 13.6. The molecule has 0 heterocycles. The molecule has 1 N–H and O–H groups in total. The highest BCUT2D eigenvalue weighted by atomic mass is 32.2. The Morgan fingerprint density at radius 2 is 1.52 bits per heavy atom. The number of aryl methyl sites for hydroxylation is 1. The molecule has 174 valence electrons. The van der Waals surface area contributed by atoms with Gasteiger partial charge in [0.15, 0.2) is 5.37 Å². The molecule has 0 aliphatic heterocycles. The van der Waals surface area contributed by atoms with E-state index in [-0.39, 0.29) is 11.5 Å². The van der Waals surface area contributed by atoms with Crippen LogP contribution in [0.1, 0.15) is 42.8 Å². The second kappa shape index (κ2) is 10.1. The molecule has 0 saturated carbocycles. The van der Waals surface area contributed by atoms with Crippen LogP contribution in [-0.4, -0.2) is 20.1 Å². The number of hydrogen-bond acceptors (Lipinski definition) is 5. The van der Waals surface area contributed by atoms with Crippen molar-refractivity contribution in [3.05, 3.63) is 95.6 Å². The number of carbonyl (C=O) groups is 1. The lowest BCUT2D eigenvalue weighted by Gasteiger charge is -2.25. The summed E-state index contributed by atoms with van der Waals surface area (Å²) < 4.78 is 38.6. The first-order valence-electron chi connectivity index (χ1n) is 10.6. The van der Waals surface area contributed by atoms with Crippen molar-refractivity contribution in [1.82, 2.24) is 5.32 Å². The zero-order chi connectivity index (χ0) is 24.1. The molecule has 0 spiro atoms. The highest BCUT2D eigenvalue weighted by Gasteiger charge is 2.34. The molecule has 1 atom stereocenters. The Bertz CT molecular complexity index is 1180. The number of rotatable bonds is 7. The van der Waals surface area contributed by atoms with Crippen LogP contribution in [0.4, 0.5) is 4.79 Å². The fourth-order valence-corrected chi connectivity index (χ4v) is 4.73. The number of carbonyl (C=O) groups excluding carboxylic acids is 1. The van der Waals surface area contributed by atoms with E-state index in [1.54, 1.807) is 57.2 Å². The number of sulfone groups is 1. The first-order chi connectivity index (χ1) is 15.6. The van der Waals surface area contributed by atoms with E-state index in [2.05, 4.69) is 5.32 Å². The van der Waals surface area contributed by atoms with E-state index < -0.39 is 26.9 Å². The summed E-state index contributed by atoms with van der Waals surface area (Å²) in [6, 6.07) is 22.8. The van der Waals surface area contributed by atoms with Crippen LogP contribution in [0.15, 0.2) is 83.8 Å². The fourth-order valence-electron chi connectivity index (χ4n) is 3.17. The molecular formula is C26H29NO5S. The van der Waals surface area contributed by atoms with Gasteiger partial charge in [-0.3, -0.25) is 0 Å². The van der Waals surface area contributed by atoms with E-state index in [1.807, 2.05) is 37.3 Å². The lowest BCUT2D eigenvalue weighted by Crippen LogP contribution is -2.38. The molecule has 7 heteroatoms. The van der Waals surface area contributed by atoms with Gasteiger partial charge in [-0.05, 0) is 51.5 Å². The van der Waals surface area contributed by atoms with Gasteiger partial charge in [-0.1, -0.05) is 66.2 Å². The third kappa shape index (κ3) is 6.58. The minimum atomic E-state index is -4.02. The molecule has 3 rings (SSSR count). The van der Waals surface area contributed by atoms with Crippen LogP contribution >= 0.6 is 0 Å². The highest BCUT2D eigenvalue weighted by molar-refractivity contribution is 7.91. The van der Waals surface area contributed by atoms with E-state index >= 15 is 0 Å². The molecule has 1 unspecified atom stereocenters. The Morgan fingerprint density at radius 1 is 0.909 bits per heavy atom. The van der Waals surface area contributed by atoms with Crippen molar-refractivity contribution in [2.75, 3.05) is 0 Å². The Morgan fingerprint density at radius 3 is 2.15 bits per heavy atom. The maximum Gasteiger partial charge on any atom is 0.408 e. The molecule has 0 fully saturated rings. The highest BCUT2D eigenvalue weighted by Crippen LogP contribution is 2.33. The summed E-state index contributed by atoms with van der Waals surface area (Å²) in [5.74, 6) is 0.359. The third-order valence-electron chi connectivity index (χ3n) is 4.75. The third-order valence-corrected chi connectivity index (χ3v) is 6.67. The van der Waals surface area contributed by atoms with Crippen LogP contribution in [0.2, 0.25) is 0 Å². The molecule has 0 saturated heterocycles. The van der Waals surface area contributed by atoms with Crippen molar-refractivity contribution >= 4 is 15.9 Å². The SMILES string of the molecule is Cc1ccc(S(=O)(=O)C(NC(=O)OC(C)(C)C)c2ccccc2OCc2ccccc2)cc1. The van der Waals surface area contributed by atoms with Crippen LogP contribution in [0.5, 0.6) is 5.75 Å². The zero-order valence-electron chi connectivity index (χ0n) is 19.2. The van der Waals surface area contributed by atoms with Crippen molar-refractivity contribution in [3.63, 3.8) is 0 Å². The molecule has 3 aromatic carbocycles. The predicted octanol–water partition coefficient (Wildman–Crippen LogP) is 5.57. The number of alkyl carbamates (subject to hydrolysis) is 1. The summed E-state index contributed by atoms with van der Waals surface area (Å²) in [4.78, 5) is 12.7. The van der Waals surface area contributed by atoms with E-state index in [0.29, 0.717) is 11.3 Å². The van der Waals surface area contributed by atoms with Gasteiger partial charge in [0.1, 0.15) is 18.0 Å². The Labute approximate surface area is 195 Å². The van der Waals surface area contributed by atoms with Crippen molar-refractivity contribution in [2.45, 2.75) is 50.2 Å². The van der Waals surface area contributed by atoms with Gasteiger partial charge in [-0.2, -0.15) is 0 Å². The lowest BCUT2D eigenvalue weighted by atomic mass is 10.2. The smallest absolute Gasteiger partial charge is 0.408 e. The fraction of sp³-hybridized carbons (Fsp3) is 0.269. The van der Waals surface area contributed by atoms with Crippen molar-refractivity contribution in [3.8, 4) is 5.75 Å². The Balaban J connectivity index is 2.00. The van der Waals surface area contributed by atoms with Gasteiger partial charge in [-0.15, -0.1) is 0 Å². The summed E-state index contributed by atoms with van der Waals surface area (Å²) in [7, 11) is -4.02. The summed E-state index contributed by atoms with van der Waals surface area (Å²) in [6.45, 7) is 7.27. The second-order valence-electron chi connectivity index (χ2n) is 8.70. The first kappa shape index (κ1) is 24.3. The molecular weight excluding hydrogens is 438 g/mol. The normalized spacial score (nSPS) is 12.6. The van der Waals surface area contributed by atoms with Gasteiger partial charge in [0.2, 0.25) is 9.84 Å². The second-order valence-corrected chi connectivity index (χ2v) is 10.7. The van der Waals surface area contributed by atoms with Crippen LogP contribution in [0, 0.1) is 6.92 Å². The molecule has 1 amide bonds. The summed E-state index contributed by atoms with van der Waals surface area (Å²) in [5.41, 5.74) is 1.40. The van der Waals surface area contributed by atoms with Gasteiger partial charge in [-0.25, -0.2) is 13.2 Å². The van der Waals surface area contributed by atoms with Crippen molar-refractivity contribution < 1.29 is 22.7 Å². The van der Waals surface area contributed by atoms with Crippen LogP contribution in [0.3, 0.4) is 0 Å². The van der Waals surface area contributed by atoms with E-state index in [4.69, 9.17) is 9.47 Å². The molecule has 0 bridgehead atoms. The topological polar surface area (TPSA) is 81.7 Å². The standard InChI is InChI=1S/C26H29NO5S/c1-19-14-16-21(17-15-19)33(29,30)24(27-25(28)32-26(2,3)4)22-12-8-9-13-23(22)31-18-20-10-6-5-7-11-20/h5-17,24H,18H2,1-4H3,(H,27,28). The summed E-state index contributed by atoms with van der Waals surface area (Å²) in [6.07, 6.45) is -0.832. The number of hydrogen-bond donors (Lipinski definition) is 1. The monoisotopic (exact) mass is 467 g/mol. The molecule has 3 aromatic rings. The van der Waals surface area contributed by atoms with E-state index in [0.717, 1.165) is 11.1 Å². The van der Waals surface area contributed by atoms with Crippen molar-refractivity contribution in [1.29, 1.82) is 0 Å². The largest absolute Gasteiger partial charge is 0.489 e. The number of para-hydroxylation sites is 1. The lowest BCUT2D eigenvalue weighted by molar-refractivity contribution is 0.0519. The van der Waals surface area contributed by atoms with E-state index in [1.165, 1.54) is 12.1 Å². The van der Waals surface area contributed by atoms with Crippen LogP contribution in [-0.2, 0) is 21.2 Å². The van der Waals surface area contributed by atoms with Gasteiger partial charge in [0.05, 0.1) is 4.90 Å². The van der Waals surface area contributed by atoms with Gasteiger partial charge in [0, 0.05) is 5.56 Å². The number of amides is 1. The van der Waals surface area contributed by atoms with Crippen LogP contribution < -0.4 is 10.1 Å². The zero-order valence-corrected chi connectivity index (χ0v) is 20.1. The molecule has 33 heavy (non-hydrogen) atoms. The predicted molar refractivity (Wildman–Crippen MR) is 128 cm³/mol. The Hall–Kier alpha value is -3.32. The van der Waals surface area contributed by atoms with E-state index in [9.17, 15) is 13.2 Å². The summed E-state index contributed by atoms with van der Waals surface area (Å²) in [5, 5.41) is 1.15. The maximum absolute atomic E-state index is 13.6. The number of benzene rings is 3. The van der Waals surface area contributed by atoms with Gasteiger partial charge >= 0.3 is 6.09 Å². The van der Waals surface area contributed by atoms with Gasteiger partial charge in [0.25, 0.3) is 0 Å². The first-order valence-corrected chi connectivity index (χ1v) is 12.2. The quantitative estimate of drug-likeness (QED) is 0.491. The number of nitrogens with one attached hydrogen (secondary N) is 1. The average Bonchev–Trinajstić information content (AvgIpc) is 2.76. The summed E-state index contributed by atoms with van der Waals surface area (Å²) >= 11 is 0. The molecule has 0 aliphatic carbocycles. The molecule has 0 aromatic heterocycles. The average molecular weight is 468 g/mol.